The average Bonchev–Trinajstić information content (AvgIpc) is 3.75. The van der Waals surface area contributed by atoms with Crippen molar-refractivity contribution in [3.05, 3.63) is 192 Å². The number of para-hydroxylation sites is 2. The Morgan fingerprint density at radius 1 is 0.333 bits per heavy atom. The summed E-state index contributed by atoms with van der Waals surface area (Å²) in [5.41, 5.74) is 6.10. The lowest BCUT2D eigenvalue weighted by molar-refractivity contribution is -0.139. The van der Waals surface area contributed by atoms with E-state index < -0.39 is 34.6 Å². The number of aromatic nitrogens is 2. The van der Waals surface area contributed by atoms with Crippen molar-refractivity contribution in [3.8, 4) is 44.8 Å². The van der Waals surface area contributed by atoms with Crippen molar-refractivity contribution in [1.82, 2.24) is 9.13 Å². The largest absolute Gasteiger partial charge is 0.417 e. The number of rotatable bonds is 5. The minimum Gasteiger partial charge on any atom is -0.309 e. The normalized spacial score (nSPS) is 12.3. The molecule has 0 radical (unpaired) electrons. The first kappa shape index (κ1) is 37.2. The molecule has 0 saturated carbocycles. The number of hydrogen-bond acceptors (Lipinski definition) is 0. The van der Waals surface area contributed by atoms with Crippen LogP contribution in [0.3, 0.4) is 0 Å². The maximum Gasteiger partial charge on any atom is 0.417 e. The standard InChI is InChI=1S/C52H34F6N2/c1-31-9-7-11-33(25-31)35-17-23-49-43(27-35)39-13-3-5-15-47(39)59(49)37-19-21-45(51(53,54)55)41(29-37)42-30-38(20-22-46(42)52(56,57)58)60-48-16-6-4-14-40(48)44-28-36(18-24-50(44)60)34-12-8-10-32(2)26-34/h3-30H,1-2H3. The molecule has 0 N–H and O–H groups in total. The van der Waals surface area contributed by atoms with Crippen molar-refractivity contribution in [2.45, 2.75) is 26.2 Å². The van der Waals surface area contributed by atoms with E-state index in [9.17, 15) is 0 Å². The summed E-state index contributed by atoms with van der Waals surface area (Å²) in [7, 11) is 0. The molecule has 294 valence electrons. The number of aryl methyl sites for hydroxylation is 2. The number of nitrogens with zero attached hydrogens (tertiary/aromatic N) is 2. The Hall–Kier alpha value is -7.06. The molecular weight excluding hydrogens is 767 g/mol. The molecule has 60 heavy (non-hydrogen) atoms. The van der Waals surface area contributed by atoms with Gasteiger partial charge in [-0.1, -0.05) is 108 Å². The molecule has 10 rings (SSSR count). The fourth-order valence-electron chi connectivity index (χ4n) is 8.79. The number of alkyl halides is 6. The molecule has 0 unspecified atom stereocenters. The highest BCUT2D eigenvalue weighted by Crippen LogP contribution is 2.46. The van der Waals surface area contributed by atoms with E-state index in [1.54, 1.807) is 0 Å². The Balaban J connectivity index is 1.21. The first-order chi connectivity index (χ1) is 28.8. The predicted octanol–water partition coefficient (Wildman–Crippen LogP) is 15.5. The second-order valence-corrected chi connectivity index (χ2v) is 15.4. The Bertz CT molecular complexity index is 3100. The SMILES string of the molecule is Cc1cccc(-c2ccc3c(c2)c2ccccc2n3-c2ccc(C(F)(F)F)c(-c3cc(-n4c5ccccc5c5cc(-c6cccc(C)c6)ccc54)ccc3C(F)(F)F)c2)c1. The van der Waals surface area contributed by atoms with Crippen LogP contribution in [0.1, 0.15) is 22.3 Å². The van der Waals surface area contributed by atoms with Gasteiger partial charge in [0.2, 0.25) is 0 Å². The molecular formula is C52H34F6N2. The zero-order valence-electron chi connectivity index (χ0n) is 32.3. The lowest BCUT2D eigenvalue weighted by Gasteiger charge is -2.21. The summed E-state index contributed by atoms with van der Waals surface area (Å²) in [4.78, 5) is 0. The average molecular weight is 801 g/mol. The molecule has 2 nitrogen and oxygen atoms in total. The van der Waals surface area contributed by atoms with Crippen molar-refractivity contribution in [2.24, 2.45) is 0 Å². The molecule has 2 heterocycles. The highest BCUT2D eigenvalue weighted by Gasteiger charge is 2.39. The summed E-state index contributed by atoms with van der Waals surface area (Å²) in [5, 5.41) is 3.44. The summed E-state index contributed by atoms with van der Waals surface area (Å²) in [6.07, 6.45) is -9.93. The van der Waals surface area contributed by atoms with Crippen LogP contribution < -0.4 is 0 Å². The summed E-state index contributed by atoms with van der Waals surface area (Å²) in [6, 6.07) is 50.1. The van der Waals surface area contributed by atoms with Gasteiger partial charge in [-0.2, -0.15) is 26.3 Å². The molecule has 8 aromatic carbocycles. The van der Waals surface area contributed by atoms with Gasteiger partial charge in [-0.25, -0.2) is 0 Å². The topological polar surface area (TPSA) is 9.86 Å². The molecule has 0 aliphatic carbocycles. The molecule has 0 atom stereocenters. The van der Waals surface area contributed by atoms with Crippen LogP contribution in [0.4, 0.5) is 26.3 Å². The zero-order valence-corrected chi connectivity index (χ0v) is 32.3. The van der Waals surface area contributed by atoms with Crippen molar-refractivity contribution in [3.63, 3.8) is 0 Å². The smallest absolute Gasteiger partial charge is 0.309 e. The molecule has 0 fully saturated rings. The molecule has 0 aliphatic heterocycles. The zero-order chi connectivity index (χ0) is 41.5. The third-order valence-corrected chi connectivity index (χ3v) is 11.5. The minimum atomic E-state index is -4.96. The van der Waals surface area contributed by atoms with Crippen LogP contribution in [0.2, 0.25) is 0 Å². The van der Waals surface area contributed by atoms with E-state index in [1.165, 1.54) is 24.3 Å². The van der Waals surface area contributed by atoms with Gasteiger partial charge in [-0.3, -0.25) is 0 Å². The van der Waals surface area contributed by atoms with Gasteiger partial charge in [-0.15, -0.1) is 0 Å². The van der Waals surface area contributed by atoms with Crippen LogP contribution in [0.5, 0.6) is 0 Å². The highest BCUT2D eigenvalue weighted by molar-refractivity contribution is 6.11. The van der Waals surface area contributed by atoms with Crippen molar-refractivity contribution in [1.29, 1.82) is 0 Å². The fraction of sp³-hybridized carbons (Fsp3) is 0.0769. The van der Waals surface area contributed by atoms with Gasteiger partial charge in [-0.05, 0) is 120 Å². The number of hydrogen-bond donors (Lipinski definition) is 0. The Kier molecular flexibility index (Phi) is 8.54. The summed E-state index contributed by atoms with van der Waals surface area (Å²) in [6.45, 7) is 4.03. The molecule has 0 saturated heterocycles. The monoisotopic (exact) mass is 800 g/mol. The summed E-state index contributed by atoms with van der Waals surface area (Å²) >= 11 is 0. The first-order valence-electron chi connectivity index (χ1n) is 19.5. The quantitative estimate of drug-likeness (QED) is 0.153. The maximum absolute atomic E-state index is 15.1. The van der Waals surface area contributed by atoms with E-state index in [2.05, 4.69) is 24.3 Å². The molecule has 0 amide bonds. The molecule has 0 bridgehead atoms. The maximum atomic E-state index is 15.1. The second kappa shape index (κ2) is 13.8. The van der Waals surface area contributed by atoms with Gasteiger partial charge in [0.25, 0.3) is 0 Å². The van der Waals surface area contributed by atoms with Gasteiger partial charge in [0.15, 0.2) is 0 Å². The third-order valence-electron chi connectivity index (χ3n) is 11.5. The molecule has 10 aromatic rings. The van der Waals surface area contributed by atoms with Crippen LogP contribution in [-0.2, 0) is 12.4 Å². The van der Waals surface area contributed by atoms with Gasteiger partial charge in [0.1, 0.15) is 0 Å². The number of halogens is 6. The predicted molar refractivity (Wildman–Crippen MR) is 231 cm³/mol. The van der Waals surface area contributed by atoms with Crippen molar-refractivity contribution >= 4 is 43.6 Å². The van der Waals surface area contributed by atoms with Crippen LogP contribution in [0, 0.1) is 13.8 Å². The van der Waals surface area contributed by atoms with E-state index >= 15 is 26.3 Å². The highest BCUT2D eigenvalue weighted by atomic mass is 19.4. The summed E-state index contributed by atoms with van der Waals surface area (Å²) in [5.74, 6) is 0. The van der Waals surface area contributed by atoms with Crippen molar-refractivity contribution < 1.29 is 26.3 Å². The van der Waals surface area contributed by atoms with Gasteiger partial charge in [0.05, 0.1) is 33.2 Å². The van der Waals surface area contributed by atoms with Crippen LogP contribution >= 0.6 is 0 Å². The molecule has 0 spiro atoms. The number of fused-ring (bicyclic) bond motifs is 6. The minimum absolute atomic E-state index is 0.298. The van der Waals surface area contributed by atoms with E-state index in [1.807, 2.05) is 132 Å². The first-order valence-corrected chi connectivity index (χ1v) is 19.5. The molecule has 0 aliphatic rings. The van der Waals surface area contributed by atoms with Crippen molar-refractivity contribution in [2.75, 3.05) is 0 Å². The van der Waals surface area contributed by atoms with Crippen LogP contribution in [0.15, 0.2) is 170 Å². The summed E-state index contributed by atoms with van der Waals surface area (Å²) < 4.78 is 94.1. The third kappa shape index (κ3) is 6.22. The van der Waals surface area contributed by atoms with E-state index in [0.29, 0.717) is 33.4 Å². The Morgan fingerprint density at radius 3 is 1.12 bits per heavy atom. The Morgan fingerprint density at radius 2 is 0.717 bits per heavy atom. The second-order valence-electron chi connectivity index (χ2n) is 15.4. The fourth-order valence-corrected chi connectivity index (χ4v) is 8.79. The lowest BCUT2D eigenvalue weighted by Crippen LogP contribution is -2.12. The van der Waals surface area contributed by atoms with E-state index in [4.69, 9.17) is 0 Å². The van der Waals surface area contributed by atoms with Gasteiger partial charge in [0, 0.05) is 32.9 Å². The van der Waals surface area contributed by atoms with E-state index in [0.717, 1.165) is 67.1 Å². The van der Waals surface area contributed by atoms with Gasteiger partial charge >= 0.3 is 12.4 Å². The Labute approximate surface area is 341 Å². The van der Waals surface area contributed by atoms with Gasteiger partial charge < -0.3 is 9.13 Å². The molecule has 8 heteroatoms. The van der Waals surface area contributed by atoms with E-state index in [-0.39, 0.29) is 0 Å². The number of benzene rings is 8. The van der Waals surface area contributed by atoms with Crippen LogP contribution in [0.25, 0.3) is 88.4 Å². The lowest BCUT2D eigenvalue weighted by atomic mass is 9.93. The van der Waals surface area contributed by atoms with Crippen LogP contribution in [-0.4, -0.2) is 9.13 Å². The molecule has 2 aromatic heterocycles.